The fourth-order valence-electron chi connectivity index (χ4n) is 7.62. The highest BCUT2D eigenvalue weighted by Crippen LogP contribution is 2.50. The summed E-state index contributed by atoms with van der Waals surface area (Å²) >= 11 is 6.17. The summed E-state index contributed by atoms with van der Waals surface area (Å²) in [4.78, 5) is 39.7. The van der Waals surface area contributed by atoms with Gasteiger partial charge >= 0.3 is 6.18 Å². The first-order valence-electron chi connectivity index (χ1n) is 16.7. The molecule has 1 atom stereocenters. The van der Waals surface area contributed by atoms with Crippen LogP contribution in [0.4, 0.5) is 18.9 Å². The molecule has 270 valence electrons. The molecular weight excluding hydrogens is 691 g/mol. The molecule has 2 aliphatic heterocycles. The lowest BCUT2D eigenvalue weighted by Crippen LogP contribution is -2.44. The lowest BCUT2D eigenvalue weighted by molar-refractivity contribution is -0.137. The normalized spacial score (nSPS) is 18.9. The van der Waals surface area contributed by atoms with Gasteiger partial charge in [0, 0.05) is 36.5 Å². The Bertz CT molecular complexity index is 2060. The van der Waals surface area contributed by atoms with Crippen molar-refractivity contribution >= 4 is 34.5 Å². The predicted molar refractivity (Wildman–Crippen MR) is 182 cm³/mol. The number of carbonyl (C=O) groups excluding carboxylic acids is 1. The lowest BCUT2D eigenvalue weighted by Gasteiger charge is -2.39. The Kier molecular flexibility index (Phi) is 9.65. The zero-order valence-electron chi connectivity index (χ0n) is 28.1. The van der Waals surface area contributed by atoms with Crippen molar-refractivity contribution in [2.45, 2.75) is 63.2 Å². The van der Waals surface area contributed by atoms with Crippen molar-refractivity contribution in [3.8, 4) is 5.75 Å². The van der Waals surface area contributed by atoms with Gasteiger partial charge in [0.2, 0.25) is 11.7 Å². The third kappa shape index (κ3) is 6.87. The zero-order chi connectivity index (χ0) is 35.9. The number of piperidine rings is 1. The summed E-state index contributed by atoms with van der Waals surface area (Å²) in [7, 11) is 1.56. The van der Waals surface area contributed by atoms with Crippen LogP contribution in [0.3, 0.4) is 0 Å². The van der Waals surface area contributed by atoms with Gasteiger partial charge in [0.15, 0.2) is 12.6 Å². The van der Waals surface area contributed by atoms with Crippen molar-refractivity contribution in [3.63, 3.8) is 0 Å². The van der Waals surface area contributed by atoms with Crippen molar-refractivity contribution in [2.24, 2.45) is 0 Å². The van der Waals surface area contributed by atoms with Gasteiger partial charge in [-0.3, -0.25) is 19.5 Å². The molecular formula is C35H37ClF3N7O5. The van der Waals surface area contributed by atoms with E-state index < -0.39 is 23.1 Å². The molecule has 1 unspecified atom stereocenters. The maximum absolute atomic E-state index is 14.5. The zero-order valence-corrected chi connectivity index (χ0v) is 28.9. The van der Waals surface area contributed by atoms with E-state index in [1.807, 2.05) is 25.1 Å². The number of alkyl halides is 3. The van der Waals surface area contributed by atoms with Gasteiger partial charge in [-0.1, -0.05) is 24.6 Å². The molecule has 1 fully saturated rings. The number of aromatic nitrogens is 5. The highest BCUT2D eigenvalue weighted by Gasteiger charge is 2.48. The Balaban J connectivity index is 1.22. The number of fused-ring (bicyclic) bond motifs is 3. The number of nitrogens with one attached hydrogen (secondary N) is 1. The third-order valence-corrected chi connectivity index (χ3v) is 10.3. The van der Waals surface area contributed by atoms with E-state index in [0.29, 0.717) is 75.7 Å². The van der Waals surface area contributed by atoms with Gasteiger partial charge < -0.3 is 24.1 Å². The smallest absolute Gasteiger partial charge is 0.416 e. The molecule has 3 aromatic heterocycles. The second-order valence-electron chi connectivity index (χ2n) is 13.3. The summed E-state index contributed by atoms with van der Waals surface area (Å²) < 4.78 is 59.0. The molecule has 1 saturated heterocycles. The minimum absolute atomic E-state index is 0.0402. The molecule has 4 aromatic rings. The number of likely N-dealkylation sites (tertiary alicyclic amines) is 1. The van der Waals surface area contributed by atoms with Crippen molar-refractivity contribution in [3.05, 3.63) is 86.3 Å². The third-order valence-electron chi connectivity index (χ3n) is 9.97. The number of halogens is 4. The molecule has 1 N–H and O–H groups in total. The van der Waals surface area contributed by atoms with E-state index in [1.54, 1.807) is 17.9 Å². The van der Waals surface area contributed by atoms with Crippen molar-refractivity contribution < 1.29 is 32.2 Å². The number of anilines is 1. The Morgan fingerprint density at radius 1 is 1.22 bits per heavy atom. The van der Waals surface area contributed by atoms with Crippen molar-refractivity contribution in [2.75, 3.05) is 45.5 Å². The number of pyridine rings is 1. The topological polar surface area (TPSA) is 125 Å². The van der Waals surface area contributed by atoms with E-state index >= 15 is 0 Å². The average Bonchev–Trinajstić information content (AvgIpc) is 3.68. The van der Waals surface area contributed by atoms with Crippen LogP contribution in [0.15, 0.2) is 47.4 Å². The molecule has 1 aliphatic carbocycles. The quantitative estimate of drug-likeness (QED) is 0.225. The molecule has 1 aromatic carbocycles. The monoisotopic (exact) mass is 727 g/mol. The largest absolute Gasteiger partial charge is 0.466 e. The van der Waals surface area contributed by atoms with Gasteiger partial charge in [0.1, 0.15) is 12.3 Å². The first-order chi connectivity index (χ1) is 24.5. The van der Waals surface area contributed by atoms with E-state index in [9.17, 15) is 22.8 Å². The second kappa shape index (κ2) is 14.0. The molecule has 12 nitrogen and oxygen atoms in total. The summed E-state index contributed by atoms with van der Waals surface area (Å²) in [5, 5.41) is 7.08. The van der Waals surface area contributed by atoms with Crippen LogP contribution in [-0.2, 0) is 38.9 Å². The standard InChI is InChI=1S/C35H37ClF3N7O5/c1-21-17-34(9-12-44(13-10-34)18-26-27(51-20-49-2)4-3-11-40-26)29-30(21)45(19-28(47)41-25-6-5-23(16-24(25)36)35(37,38)39)33-42-31(43-46(33)32(29)48)22-7-14-50-15-8-22/h3-7,11,16,21H,8-10,12-15,17-20H2,1-2H3,(H,41,47). The van der Waals surface area contributed by atoms with Gasteiger partial charge in [-0.2, -0.15) is 22.7 Å². The predicted octanol–water partition coefficient (Wildman–Crippen LogP) is 5.42. The minimum Gasteiger partial charge on any atom is -0.466 e. The first kappa shape index (κ1) is 35.1. The number of nitrogens with zero attached hydrogens (tertiary/aromatic N) is 6. The number of rotatable bonds is 9. The maximum Gasteiger partial charge on any atom is 0.416 e. The van der Waals surface area contributed by atoms with Crippen molar-refractivity contribution in [1.29, 1.82) is 0 Å². The van der Waals surface area contributed by atoms with E-state index in [2.05, 4.69) is 20.3 Å². The Labute approximate surface area is 296 Å². The molecule has 1 spiro atoms. The average molecular weight is 728 g/mol. The number of ether oxygens (including phenoxy) is 3. The molecule has 3 aliphatic rings. The fourth-order valence-corrected chi connectivity index (χ4v) is 7.85. The summed E-state index contributed by atoms with van der Waals surface area (Å²) in [6.07, 6.45) is 1.70. The lowest BCUT2D eigenvalue weighted by atomic mass is 9.73. The Morgan fingerprint density at radius 2 is 2.02 bits per heavy atom. The van der Waals surface area contributed by atoms with Crippen LogP contribution in [0.2, 0.25) is 5.02 Å². The van der Waals surface area contributed by atoms with E-state index in [1.165, 1.54) is 4.52 Å². The van der Waals surface area contributed by atoms with Crippen LogP contribution in [0, 0.1) is 0 Å². The van der Waals surface area contributed by atoms with E-state index in [-0.39, 0.29) is 41.3 Å². The SMILES string of the molecule is COCOc1cccnc1CN1CCC2(CC1)CC(C)c1c2c(=O)n2nc(C3=CCOCC3)nc2n1CC(=O)Nc1ccc(C(F)(F)F)cc1Cl. The summed E-state index contributed by atoms with van der Waals surface area (Å²) in [6, 6.07) is 6.44. The fraction of sp³-hybridized carbons (Fsp3) is 0.457. The maximum atomic E-state index is 14.5. The molecule has 51 heavy (non-hydrogen) atoms. The summed E-state index contributed by atoms with van der Waals surface area (Å²) in [5.41, 5.74) is 1.38. The Morgan fingerprint density at radius 3 is 2.73 bits per heavy atom. The van der Waals surface area contributed by atoms with Crippen LogP contribution in [0.25, 0.3) is 11.4 Å². The van der Waals surface area contributed by atoms with Crippen LogP contribution >= 0.6 is 11.6 Å². The highest BCUT2D eigenvalue weighted by molar-refractivity contribution is 6.33. The van der Waals surface area contributed by atoms with Crippen LogP contribution in [-0.4, -0.2) is 75.2 Å². The molecule has 0 radical (unpaired) electrons. The molecule has 16 heteroatoms. The molecule has 0 bridgehead atoms. The van der Waals surface area contributed by atoms with E-state index in [4.69, 9.17) is 30.8 Å². The second-order valence-corrected chi connectivity index (χ2v) is 13.7. The number of methoxy groups -OCH3 is 1. The van der Waals surface area contributed by atoms with Crippen LogP contribution < -0.4 is 15.6 Å². The van der Waals surface area contributed by atoms with Gasteiger partial charge in [-0.15, -0.1) is 5.10 Å². The van der Waals surface area contributed by atoms with Crippen LogP contribution in [0.5, 0.6) is 5.75 Å². The highest BCUT2D eigenvalue weighted by atomic mass is 35.5. The molecule has 1 amide bonds. The van der Waals surface area contributed by atoms with E-state index in [0.717, 1.165) is 35.2 Å². The van der Waals surface area contributed by atoms with Gasteiger partial charge in [-0.25, -0.2) is 0 Å². The van der Waals surface area contributed by atoms with Gasteiger partial charge in [-0.05, 0) is 80.6 Å². The first-order valence-corrected chi connectivity index (χ1v) is 17.1. The summed E-state index contributed by atoms with van der Waals surface area (Å²) in [5.74, 6) is 0.623. The minimum atomic E-state index is -4.58. The molecule has 0 saturated carbocycles. The number of hydrogen-bond donors (Lipinski definition) is 1. The van der Waals surface area contributed by atoms with Gasteiger partial charge in [0.25, 0.3) is 5.56 Å². The van der Waals surface area contributed by atoms with Gasteiger partial charge in [0.05, 0.1) is 35.2 Å². The molecule has 7 rings (SSSR count). The number of carbonyl (C=O) groups is 1. The van der Waals surface area contributed by atoms with Crippen molar-refractivity contribution in [1.82, 2.24) is 29.0 Å². The van der Waals surface area contributed by atoms with Crippen LogP contribution in [0.1, 0.15) is 66.9 Å². The summed E-state index contributed by atoms with van der Waals surface area (Å²) in [6.45, 7) is 4.76. The number of amides is 1. The number of hydrogen-bond acceptors (Lipinski definition) is 9. The Hall–Kier alpha value is -4.31. The number of benzene rings is 1. The molecule has 5 heterocycles.